The average molecular weight is 314 g/mol. The van der Waals surface area contributed by atoms with E-state index in [1.165, 1.54) is 16.9 Å². The Kier molecular flexibility index (Phi) is 5.13. The van der Waals surface area contributed by atoms with Gasteiger partial charge in [0.2, 0.25) is 10.0 Å². The van der Waals surface area contributed by atoms with Crippen LogP contribution in [0.4, 0.5) is 5.82 Å². The molecule has 1 aromatic heterocycles. The lowest BCUT2D eigenvalue weighted by Crippen LogP contribution is -2.36. The monoisotopic (exact) mass is 314 g/mol. The molecular formula is C13H22N4O3S. The number of methoxy groups -OCH3 is 1. The average Bonchev–Trinajstić information content (AvgIpc) is 2.61. The summed E-state index contributed by atoms with van der Waals surface area (Å²) in [5.41, 5.74) is 0.896. The van der Waals surface area contributed by atoms with Crippen LogP contribution in [0.2, 0.25) is 0 Å². The van der Waals surface area contributed by atoms with Crippen LogP contribution in [0.1, 0.15) is 5.69 Å². The number of aryl methyl sites for hydroxylation is 1. The molecule has 0 radical (unpaired) electrons. The van der Waals surface area contributed by atoms with Crippen molar-refractivity contribution in [1.29, 1.82) is 0 Å². The molecule has 0 saturated carbocycles. The number of anilines is 1. The molecule has 0 bridgehead atoms. The Morgan fingerprint density at radius 3 is 2.71 bits per heavy atom. The summed E-state index contributed by atoms with van der Waals surface area (Å²) < 4.78 is 30.4. The number of ether oxygens (including phenoxy) is 1. The Morgan fingerprint density at radius 1 is 1.33 bits per heavy atom. The molecule has 118 valence electrons. The summed E-state index contributed by atoms with van der Waals surface area (Å²) in [7, 11) is -1.56. The lowest BCUT2D eigenvalue weighted by Gasteiger charge is -2.24. The molecule has 1 saturated heterocycles. The highest BCUT2D eigenvalue weighted by atomic mass is 32.2. The Morgan fingerprint density at radius 2 is 2.10 bits per heavy atom. The van der Waals surface area contributed by atoms with Gasteiger partial charge in [0, 0.05) is 51.0 Å². The van der Waals surface area contributed by atoms with E-state index in [9.17, 15) is 8.42 Å². The molecular weight excluding hydrogens is 292 g/mol. The predicted molar refractivity (Wildman–Crippen MR) is 80.8 cm³/mol. The third kappa shape index (κ3) is 4.36. The van der Waals surface area contributed by atoms with Gasteiger partial charge in [-0.2, -0.15) is 4.31 Å². The quantitative estimate of drug-likeness (QED) is 0.786. The van der Waals surface area contributed by atoms with Gasteiger partial charge in [-0.25, -0.2) is 18.4 Å². The van der Waals surface area contributed by atoms with Gasteiger partial charge in [0.15, 0.2) is 0 Å². The highest BCUT2D eigenvalue weighted by molar-refractivity contribution is 7.88. The Balaban J connectivity index is 2.21. The van der Waals surface area contributed by atoms with Crippen molar-refractivity contribution in [3.05, 3.63) is 18.1 Å². The molecule has 1 aliphatic heterocycles. The molecule has 1 aliphatic rings. The van der Waals surface area contributed by atoms with Crippen molar-refractivity contribution in [1.82, 2.24) is 14.3 Å². The molecule has 1 aromatic rings. The van der Waals surface area contributed by atoms with E-state index in [1.807, 2.05) is 13.0 Å². The van der Waals surface area contributed by atoms with E-state index in [4.69, 9.17) is 4.74 Å². The van der Waals surface area contributed by atoms with Gasteiger partial charge < -0.3 is 9.64 Å². The number of hydrogen-bond donors (Lipinski definition) is 0. The molecule has 21 heavy (non-hydrogen) atoms. The van der Waals surface area contributed by atoms with Gasteiger partial charge in [-0.05, 0) is 6.92 Å². The van der Waals surface area contributed by atoms with Crippen LogP contribution >= 0.6 is 0 Å². The minimum absolute atomic E-state index is 0.113. The zero-order valence-electron chi connectivity index (χ0n) is 12.7. The zero-order chi connectivity index (χ0) is 15.5. The van der Waals surface area contributed by atoms with Crippen molar-refractivity contribution in [3.63, 3.8) is 0 Å². The lowest BCUT2D eigenvalue weighted by molar-refractivity contribution is 0.147. The van der Waals surface area contributed by atoms with E-state index < -0.39 is 10.0 Å². The fourth-order valence-electron chi connectivity index (χ4n) is 2.54. The van der Waals surface area contributed by atoms with Gasteiger partial charge in [-0.3, -0.25) is 0 Å². The van der Waals surface area contributed by atoms with E-state index in [2.05, 4.69) is 14.9 Å². The van der Waals surface area contributed by atoms with Crippen molar-refractivity contribution in [2.24, 2.45) is 5.92 Å². The first kappa shape index (κ1) is 16.1. The molecule has 2 heterocycles. The largest absolute Gasteiger partial charge is 0.384 e. The molecule has 2 rings (SSSR count). The molecule has 7 nitrogen and oxygen atoms in total. The van der Waals surface area contributed by atoms with Crippen molar-refractivity contribution < 1.29 is 13.2 Å². The summed E-state index contributed by atoms with van der Waals surface area (Å²) in [4.78, 5) is 10.5. The zero-order valence-corrected chi connectivity index (χ0v) is 13.5. The smallest absolute Gasteiger partial charge is 0.211 e. The van der Waals surface area contributed by atoms with Crippen LogP contribution < -0.4 is 4.90 Å². The topological polar surface area (TPSA) is 75.6 Å². The molecule has 8 heteroatoms. The third-order valence-corrected chi connectivity index (χ3v) is 4.81. The summed E-state index contributed by atoms with van der Waals surface area (Å²) >= 11 is 0. The Bertz CT molecular complexity index is 579. The molecule has 0 spiro atoms. The van der Waals surface area contributed by atoms with Crippen LogP contribution in [0.5, 0.6) is 0 Å². The molecule has 1 atom stereocenters. The second-order valence-corrected chi connectivity index (χ2v) is 7.39. The maximum absolute atomic E-state index is 11.8. The Hall–Kier alpha value is -1.25. The molecule has 1 fully saturated rings. The van der Waals surface area contributed by atoms with E-state index in [0.29, 0.717) is 26.2 Å². The van der Waals surface area contributed by atoms with Crippen molar-refractivity contribution >= 4 is 15.8 Å². The van der Waals surface area contributed by atoms with Crippen molar-refractivity contribution in [2.45, 2.75) is 6.92 Å². The summed E-state index contributed by atoms with van der Waals surface area (Å²) in [6.45, 7) is 4.71. The maximum atomic E-state index is 11.8. The van der Waals surface area contributed by atoms with E-state index >= 15 is 0 Å². The number of aromatic nitrogens is 2. The number of hydrogen-bond acceptors (Lipinski definition) is 6. The highest BCUT2D eigenvalue weighted by Crippen LogP contribution is 2.18. The molecule has 0 aromatic carbocycles. The number of sulfonamides is 1. The minimum atomic E-state index is -3.20. The lowest BCUT2D eigenvalue weighted by atomic mass is 10.1. The van der Waals surface area contributed by atoms with Gasteiger partial charge in [-0.1, -0.05) is 0 Å². The number of rotatable bonds is 4. The Labute approximate surface area is 126 Å². The van der Waals surface area contributed by atoms with Crippen LogP contribution in [0, 0.1) is 12.8 Å². The molecule has 0 N–H and O–H groups in total. The fourth-order valence-corrected chi connectivity index (χ4v) is 3.43. The van der Waals surface area contributed by atoms with Crippen LogP contribution in [0.15, 0.2) is 12.4 Å². The van der Waals surface area contributed by atoms with E-state index in [-0.39, 0.29) is 5.92 Å². The van der Waals surface area contributed by atoms with Gasteiger partial charge in [-0.15, -0.1) is 0 Å². The first-order valence-electron chi connectivity index (χ1n) is 6.88. The molecule has 0 aliphatic carbocycles. The highest BCUT2D eigenvalue weighted by Gasteiger charge is 2.28. The predicted octanol–water partition coefficient (Wildman–Crippen LogP) is 0.129. The van der Waals surface area contributed by atoms with E-state index in [0.717, 1.165) is 18.1 Å². The van der Waals surface area contributed by atoms with Gasteiger partial charge >= 0.3 is 0 Å². The molecule has 0 unspecified atom stereocenters. The summed E-state index contributed by atoms with van der Waals surface area (Å²) in [6.07, 6.45) is 2.79. The second kappa shape index (κ2) is 6.67. The third-order valence-electron chi connectivity index (χ3n) is 3.54. The minimum Gasteiger partial charge on any atom is -0.384 e. The summed E-state index contributed by atoms with van der Waals surface area (Å²) in [6, 6.07) is 1.92. The standard InChI is InChI=1S/C13H22N4O3S/c1-11-6-13(15-10-14-11)16-4-5-17(21(3,18)19)8-12(7-16)9-20-2/h6,10,12H,4-5,7-9H2,1-3H3/t12-/m1/s1. The van der Waals surface area contributed by atoms with Gasteiger partial charge in [0.05, 0.1) is 12.9 Å². The first-order valence-corrected chi connectivity index (χ1v) is 8.72. The first-order chi connectivity index (χ1) is 9.90. The summed E-state index contributed by atoms with van der Waals surface area (Å²) in [5, 5.41) is 0. The SMILES string of the molecule is COC[C@@H]1CN(c2cc(C)ncn2)CCN(S(C)(=O)=O)C1. The van der Waals surface area contributed by atoms with Crippen molar-refractivity contribution in [3.8, 4) is 0 Å². The maximum Gasteiger partial charge on any atom is 0.211 e. The number of nitrogens with zero attached hydrogens (tertiary/aromatic N) is 4. The second-order valence-electron chi connectivity index (χ2n) is 5.41. The van der Waals surface area contributed by atoms with Crippen LogP contribution in [-0.4, -0.2) is 68.8 Å². The van der Waals surface area contributed by atoms with Gasteiger partial charge in [0.1, 0.15) is 12.1 Å². The fraction of sp³-hybridized carbons (Fsp3) is 0.692. The van der Waals surface area contributed by atoms with Crippen LogP contribution in [-0.2, 0) is 14.8 Å². The van der Waals surface area contributed by atoms with Gasteiger partial charge in [0.25, 0.3) is 0 Å². The van der Waals surface area contributed by atoms with Crippen LogP contribution in [0.3, 0.4) is 0 Å². The van der Waals surface area contributed by atoms with Crippen molar-refractivity contribution in [2.75, 3.05) is 51.1 Å². The van der Waals surface area contributed by atoms with Crippen LogP contribution in [0.25, 0.3) is 0 Å². The normalized spacial score (nSPS) is 21.3. The molecule has 0 amide bonds. The van der Waals surface area contributed by atoms with E-state index in [1.54, 1.807) is 7.11 Å². The summed E-state index contributed by atoms with van der Waals surface area (Å²) in [5.74, 6) is 0.946.